The first kappa shape index (κ1) is 17.6. The summed E-state index contributed by atoms with van der Waals surface area (Å²) in [5.41, 5.74) is 1.96. The molecular formula is C16H19N3O5S. The van der Waals surface area contributed by atoms with Gasteiger partial charge in [0, 0.05) is 12.8 Å². The number of aliphatic hydroxyl groups is 1. The van der Waals surface area contributed by atoms with Crippen molar-refractivity contribution in [1.29, 1.82) is 0 Å². The minimum atomic E-state index is -3.30. The molecule has 1 saturated heterocycles. The highest BCUT2D eigenvalue weighted by Crippen LogP contribution is 2.20. The number of aromatic nitrogens is 2. The number of carbonyl (C=O) groups is 1. The Morgan fingerprint density at radius 3 is 2.56 bits per heavy atom. The number of amides is 1. The van der Waals surface area contributed by atoms with Crippen molar-refractivity contribution < 1.29 is 23.1 Å². The van der Waals surface area contributed by atoms with Crippen LogP contribution in [0.1, 0.15) is 12.1 Å². The van der Waals surface area contributed by atoms with E-state index in [-0.39, 0.29) is 23.8 Å². The average molecular weight is 365 g/mol. The van der Waals surface area contributed by atoms with Gasteiger partial charge in [-0.25, -0.2) is 18.4 Å². The second-order valence-corrected chi connectivity index (χ2v) is 8.14. The van der Waals surface area contributed by atoms with Crippen molar-refractivity contribution in [1.82, 2.24) is 15.3 Å². The number of benzene rings is 1. The van der Waals surface area contributed by atoms with Gasteiger partial charge in [-0.15, -0.1) is 0 Å². The zero-order valence-corrected chi connectivity index (χ0v) is 14.5. The van der Waals surface area contributed by atoms with E-state index < -0.39 is 22.0 Å². The molecule has 25 heavy (non-hydrogen) atoms. The van der Waals surface area contributed by atoms with Crippen LogP contribution >= 0.6 is 0 Å². The third-order valence-corrected chi connectivity index (χ3v) is 5.77. The Hall–Kier alpha value is -2.26. The van der Waals surface area contributed by atoms with Gasteiger partial charge >= 0.3 is 0 Å². The van der Waals surface area contributed by atoms with E-state index in [1.54, 1.807) is 0 Å². The number of hydrogen-bond donors (Lipinski definition) is 2. The van der Waals surface area contributed by atoms with E-state index in [1.165, 1.54) is 7.11 Å². The van der Waals surface area contributed by atoms with Gasteiger partial charge in [-0.05, 0) is 12.1 Å². The van der Waals surface area contributed by atoms with Crippen LogP contribution in [0.4, 0.5) is 0 Å². The number of carbonyl (C=O) groups excluding carboxylic acids is 1. The maximum absolute atomic E-state index is 12.1. The maximum Gasteiger partial charge on any atom is 0.235 e. The fourth-order valence-electron chi connectivity index (χ4n) is 2.82. The standard InChI is InChI=1S/C16H19N3O5S/c1-24-16-12(17-10-4-2-3-5-11(10)19-16)6-7-15(21)18-13-8-25(22,23)9-14(13)20/h2-5,13-14,20H,6-9H2,1H3,(H,18,21)/t13-,14-/m1/s1. The SMILES string of the molecule is COc1nc2ccccc2nc1CCC(=O)N[C@@H]1CS(=O)(=O)C[C@H]1O. The maximum atomic E-state index is 12.1. The van der Waals surface area contributed by atoms with Gasteiger partial charge in [0.15, 0.2) is 9.84 Å². The van der Waals surface area contributed by atoms with Crippen LogP contribution in [-0.2, 0) is 21.1 Å². The van der Waals surface area contributed by atoms with Gasteiger partial charge in [0.05, 0.1) is 41.8 Å². The van der Waals surface area contributed by atoms with E-state index in [9.17, 15) is 18.3 Å². The van der Waals surface area contributed by atoms with Crippen molar-refractivity contribution in [3.63, 3.8) is 0 Å². The Labute approximate surface area is 145 Å². The van der Waals surface area contributed by atoms with Crippen LogP contribution in [0.5, 0.6) is 5.88 Å². The average Bonchev–Trinajstić information content (AvgIpc) is 2.83. The van der Waals surface area contributed by atoms with Gasteiger partial charge in [0.1, 0.15) is 5.69 Å². The molecule has 0 saturated carbocycles. The Balaban J connectivity index is 1.67. The second kappa shape index (κ2) is 6.93. The van der Waals surface area contributed by atoms with Gasteiger partial charge in [0.2, 0.25) is 11.8 Å². The number of nitrogens with one attached hydrogen (secondary N) is 1. The van der Waals surface area contributed by atoms with Crippen molar-refractivity contribution in [2.75, 3.05) is 18.6 Å². The highest BCUT2D eigenvalue weighted by molar-refractivity contribution is 7.91. The van der Waals surface area contributed by atoms with E-state index in [2.05, 4.69) is 15.3 Å². The molecule has 1 aromatic carbocycles. The molecule has 0 unspecified atom stereocenters. The molecule has 0 spiro atoms. The summed E-state index contributed by atoms with van der Waals surface area (Å²) in [6.45, 7) is 0. The molecule has 2 atom stereocenters. The molecule has 134 valence electrons. The van der Waals surface area contributed by atoms with Crippen molar-refractivity contribution in [2.45, 2.75) is 25.0 Å². The lowest BCUT2D eigenvalue weighted by Crippen LogP contribution is -2.42. The van der Waals surface area contributed by atoms with E-state index in [0.717, 1.165) is 0 Å². The number of hydrogen-bond acceptors (Lipinski definition) is 7. The summed E-state index contributed by atoms with van der Waals surface area (Å²) < 4.78 is 28.2. The van der Waals surface area contributed by atoms with E-state index >= 15 is 0 Å². The molecule has 1 aliphatic rings. The summed E-state index contributed by atoms with van der Waals surface area (Å²) in [5.74, 6) is -0.547. The molecule has 3 rings (SSSR count). The molecule has 0 radical (unpaired) electrons. The summed E-state index contributed by atoms with van der Waals surface area (Å²) in [6.07, 6.45) is -0.682. The Morgan fingerprint density at radius 2 is 1.96 bits per heavy atom. The monoisotopic (exact) mass is 365 g/mol. The van der Waals surface area contributed by atoms with Crippen LogP contribution < -0.4 is 10.1 Å². The van der Waals surface area contributed by atoms with Crippen LogP contribution in [0.2, 0.25) is 0 Å². The van der Waals surface area contributed by atoms with Crippen LogP contribution in [0, 0.1) is 0 Å². The number of rotatable bonds is 5. The molecule has 2 heterocycles. The van der Waals surface area contributed by atoms with Gasteiger partial charge in [-0.1, -0.05) is 12.1 Å². The molecular weight excluding hydrogens is 346 g/mol. The van der Waals surface area contributed by atoms with Crippen molar-refractivity contribution >= 4 is 26.8 Å². The third kappa shape index (κ3) is 4.05. The van der Waals surface area contributed by atoms with Crippen molar-refractivity contribution in [2.24, 2.45) is 0 Å². The molecule has 2 N–H and O–H groups in total. The molecule has 0 aliphatic carbocycles. The smallest absolute Gasteiger partial charge is 0.235 e. The first-order valence-electron chi connectivity index (χ1n) is 7.85. The molecule has 1 fully saturated rings. The summed E-state index contributed by atoms with van der Waals surface area (Å²) in [6, 6.07) is 6.59. The number of nitrogens with zero attached hydrogens (tertiary/aromatic N) is 2. The van der Waals surface area contributed by atoms with E-state index in [0.29, 0.717) is 29.0 Å². The Kier molecular flexibility index (Phi) is 4.87. The zero-order valence-electron chi connectivity index (χ0n) is 13.7. The predicted octanol–water partition coefficient (Wildman–Crippen LogP) is -0.155. The summed E-state index contributed by atoms with van der Waals surface area (Å²) in [5, 5.41) is 12.3. The fourth-order valence-corrected chi connectivity index (χ4v) is 4.57. The van der Waals surface area contributed by atoms with Crippen molar-refractivity contribution in [3.8, 4) is 5.88 Å². The van der Waals surface area contributed by atoms with Gasteiger partial charge in [-0.2, -0.15) is 0 Å². The third-order valence-electron chi connectivity index (χ3n) is 4.06. The summed E-state index contributed by atoms with van der Waals surface area (Å²) in [4.78, 5) is 20.9. The molecule has 8 nitrogen and oxygen atoms in total. The minimum absolute atomic E-state index is 0.0899. The minimum Gasteiger partial charge on any atom is -0.480 e. The molecule has 1 aromatic heterocycles. The number of sulfone groups is 1. The van der Waals surface area contributed by atoms with Crippen molar-refractivity contribution in [3.05, 3.63) is 30.0 Å². The lowest BCUT2D eigenvalue weighted by atomic mass is 10.1. The number of aliphatic hydroxyl groups excluding tert-OH is 1. The van der Waals surface area contributed by atoms with Gasteiger partial charge < -0.3 is 15.2 Å². The highest BCUT2D eigenvalue weighted by Gasteiger charge is 2.37. The normalized spacial score (nSPS) is 22.0. The zero-order chi connectivity index (χ0) is 18.0. The Morgan fingerprint density at radius 1 is 1.28 bits per heavy atom. The van der Waals surface area contributed by atoms with Gasteiger partial charge in [0.25, 0.3) is 0 Å². The molecule has 1 aliphatic heterocycles. The predicted molar refractivity (Wildman–Crippen MR) is 91.0 cm³/mol. The largest absolute Gasteiger partial charge is 0.480 e. The van der Waals surface area contributed by atoms with Crippen LogP contribution in [-0.4, -0.2) is 60.2 Å². The topological polar surface area (TPSA) is 118 Å². The number of aryl methyl sites for hydroxylation is 1. The number of fused-ring (bicyclic) bond motifs is 1. The van der Waals surface area contributed by atoms with E-state index in [1.807, 2.05) is 24.3 Å². The Bertz CT molecular complexity index is 900. The fraction of sp³-hybridized carbons (Fsp3) is 0.438. The number of methoxy groups -OCH3 is 1. The summed E-state index contributed by atoms with van der Waals surface area (Å²) in [7, 11) is -1.81. The molecule has 1 amide bonds. The summed E-state index contributed by atoms with van der Waals surface area (Å²) >= 11 is 0. The molecule has 9 heteroatoms. The van der Waals surface area contributed by atoms with Crippen LogP contribution in [0.3, 0.4) is 0 Å². The lowest BCUT2D eigenvalue weighted by Gasteiger charge is -2.15. The number of para-hydroxylation sites is 2. The van der Waals surface area contributed by atoms with Crippen LogP contribution in [0.15, 0.2) is 24.3 Å². The molecule has 2 aromatic rings. The lowest BCUT2D eigenvalue weighted by molar-refractivity contribution is -0.122. The van der Waals surface area contributed by atoms with E-state index in [4.69, 9.17) is 4.74 Å². The second-order valence-electron chi connectivity index (χ2n) is 5.99. The quantitative estimate of drug-likeness (QED) is 0.756. The highest BCUT2D eigenvalue weighted by atomic mass is 32.2. The van der Waals surface area contributed by atoms with Gasteiger partial charge in [-0.3, -0.25) is 4.79 Å². The van der Waals surface area contributed by atoms with Crippen LogP contribution in [0.25, 0.3) is 11.0 Å². The first-order valence-corrected chi connectivity index (χ1v) is 9.67. The number of ether oxygens (including phenoxy) is 1. The first-order chi connectivity index (χ1) is 11.9. The molecule has 0 bridgehead atoms.